The first-order chi connectivity index (χ1) is 9.92. The molecule has 0 spiro atoms. The van der Waals surface area contributed by atoms with Gasteiger partial charge in [0, 0.05) is 5.56 Å². The number of thiazole rings is 1. The Labute approximate surface area is 131 Å². The number of hydrogen-bond donors (Lipinski definition) is 2. The molecule has 1 aromatic carbocycles. The fraction of sp³-hybridized carbons (Fsp3) is 0.154. The van der Waals surface area contributed by atoms with Gasteiger partial charge in [-0.2, -0.15) is 0 Å². The average molecular weight is 343 g/mol. The van der Waals surface area contributed by atoms with Crippen molar-refractivity contribution in [3.63, 3.8) is 0 Å². The van der Waals surface area contributed by atoms with Crippen molar-refractivity contribution in [2.24, 2.45) is 0 Å². The van der Waals surface area contributed by atoms with Crippen molar-refractivity contribution in [1.29, 1.82) is 0 Å². The van der Waals surface area contributed by atoms with Gasteiger partial charge in [-0.25, -0.2) is 13.4 Å². The highest BCUT2D eigenvalue weighted by molar-refractivity contribution is 7.94. The van der Waals surface area contributed by atoms with Crippen LogP contribution in [0.25, 0.3) is 0 Å². The van der Waals surface area contributed by atoms with Crippen LogP contribution in [0.15, 0.2) is 28.6 Å². The first-order valence-electron chi connectivity index (χ1n) is 5.77. The Kier molecular flexibility index (Phi) is 4.85. The van der Waals surface area contributed by atoms with Crippen LogP contribution in [0.4, 0.5) is 5.69 Å². The summed E-state index contributed by atoms with van der Waals surface area (Å²) >= 11 is 7.06. The molecule has 110 valence electrons. The van der Waals surface area contributed by atoms with Gasteiger partial charge in [-0.15, -0.1) is 11.3 Å². The molecule has 0 saturated heterocycles. The summed E-state index contributed by atoms with van der Waals surface area (Å²) in [7, 11) is -3.73. The predicted octanol–water partition coefficient (Wildman–Crippen LogP) is 2.25. The monoisotopic (exact) mass is 342 g/mol. The number of nitrogens with one attached hydrogen (secondary N) is 1. The molecule has 0 saturated carbocycles. The molecule has 0 aliphatic heterocycles. The predicted molar refractivity (Wildman–Crippen MR) is 83.1 cm³/mol. The van der Waals surface area contributed by atoms with Crippen LogP contribution >= 0.6 is 22.9 Å². The van der Waals surface area contributed by atoms with E-state index in [1.165, 1.54) is 12.3 Å². The Morgan fingerprint density at radius 3 is 2.86 bits per heavy atom. The third kappa shape index (κ3) is 3.95. The minimum absolute atomic E-state index is 0.114. The number of aromatic nitrogens is 1. The van der Waals surface area contributed by atoms with Gasteiger partial charge >= 0.3 is 0 Å². The van der Waals surface area contributed by atoms with E-state index in [0.29, 0.717) is 10.6 Å². The molecule has 0 amide bonds. The second kappa shape index (κ2) is 6.45. The van der Waals surface area contributed by atoms with E-state index in [1.54, 1.807) is 19.1 Å². The fourth-order valence-electron chi connectivity index (χ4n) is 1.48. The van der Waals surface area contributed by atoms with Gasteiger partial charge in [0.05, 0.1) is 21.9 Å². The number of aliphatic hydroxyl groups excluding tert-OH is 1. The standard InChI is InChI=1S/C13H11ClN2O3S2/c1-9-15-8-13(20-9)21(18,19)16-12-7-10(3-2-6-17)4-5-11(12)14/h4-5,7-8,16-17H,6H2,1H3. The van der Waals surface area contributed by atoms with E-state index in [2.05, 4.69) is 21.5 Å². The molecular formula is C13H11ClN2O3S2. The lowest BCUT2D eigenvalue weighted by Gasteiger charge is -2.08. The van der Waals surface area contributed by atoms with Gasteiger partial charge in [0.2, 0.25) is 0 Å². The van der Waals surface area contributed by atoms with Gasteiger partial charge in [-0.3, -0.25) is 4.72 Å². The van der Waals surface area contributed by atoms with Gasteiger partial charge in [0.25, 0.3) is 10.0 Å². The van der Waals surface area contributed by atoms with Gasteiger partial charge in [0.15, 0.2) is 4.21 Å². The van der Waals surface area contributed by atoms with Crippen molar-refractivity contribution < 1.29 is 13.5 Å². The Balaban J connectivity index is 2.34. The molecule has 0 bridgehead atoms. The third-order valence-corrected chi connectivity index (χ3v) is 5.46. The molecule has 1 aromatic heterocycles. The highest BCUT2D eigenvalue weighted by atomic mass is 35.5. The Morgan fingerprint density at radius 2 is 2.24 bits per heavy atom. The number of sulfonamides is 1. The third-order valence-electron chi connectivity index (χ3n) is 2.39. The number of benzene rings is 1. The van der Waals surface area contributed by atoms with E-state index in [4.69, 9.17) is 16.7 Å². The van der Waals surface area contributed by atoms with Gasteiger partial charge in [0.1, 0.15) is 6.61 Å². The molecule has 8 heteroatoms. The zero-order valence-electron chi connectivity index (χ0n) is 10.9. The number of rotatable bonds is 3. The summed E-state index contributed by atoms with van der Waals surface area (Å²) in [6.45, 7) is 1.45. The number of nitrogens with zero attached hydrogens (tertiary/aromatic N) is 1. The first-order valence-corrected chi connectivity index (χ1v) is 8.44. The van der Waals surface area contributed by atoms with E-state index in [-0.39, 0.29) is 21.5 Å². The quantitative estimate of drug-likeness (QED) is 0.838. The van der Waals surface area contributed by atoms with E-state index in [1.807, 2.05) is 0 Å². The molecule has 0 aliphatic rings. The second-order valence-electron chi connectivity index (χ2n) is 3.96. The summed E-state index contributed by atoms with van der Waals surface area (Å²) in [6, 6.07) is 4.69. The lowest BCUT2D eigenvalue weighted by Crippen LogP contribution is -2.12. The summed E-state index contributed by atoms with van der Waals surface area (Å²) < 4.78 is 27.0. The number of halogens is 1. The first kappa shape index (κ1) is 15.8. The Bertz CT molecular complexity index is 819. The van der Waals surface area contributed by atoms with E-state index < -0.39 is 10.0 Å². The van der Waals surface area contributed by atoms with E-state index in [0.717, 1.165) is 11.3 Å². The van der Waals surface area contributed by atoms with Crippen LogP contribution in [0.1, 0.15) is 10.6 Å². The zero-order valence-corrected chi connectivity index (χ0v) is 13.3. The minimum Gasteiger partial charge on any atom is -0.384 e. The maximum Gasteiger partial charge on any atom is 0.273 e. The van der Waals surface area contributed by atoms with Crippen molar-refractivity contribution in [2.45, 2.75) is 11.1 Å². The second-order valence-corrected chi connectivity index (χ2v) is 7.51. The molecule has 2 N–H and O–H groups in total. The van der Waals surface area contributed by atoms with Crippen molar-refractivity contribution in [2.75, 3.05) is 11.3 Å². The summed E-state index contributed by atoms with van der Waals surface area (Å²) in [5.41, 5.74) is 0.777. The van der Waals surface area contributed by atoms with Crippen LogP contribution in [-0.4, -0.2) is 25.1 Å². The Hall–Kier alpha value is -1.59. The molecule has 21 heavy (non-hydrogen) atoms. The number of anilines is 1. The van der Waals surface area contributed by atoms with Crippen LogP contribution in [0.3, 0.4) is 0 Å². The highest BCUT2D eigenvalue weighted by Crippen LogP contribution is 2.27. The summed E-state index contributed by atoms with van der Waals surface area (Å²) in [5.74, 6) is 5.17. The summed E-state index contributed by atoms with van der Waals surface area (Å²) in [5, 5.41) is 9.59. The van der Waals surface area contributed by atoms with Gasteiger partial charge in [-0.05, 0) is 25.1 Å². The maximum absolute atomic E-state index is 12.2. The van der Waals surface area contributed by atoms with E-state index in [9.17, 15) is 8.42 Å². The van der Waals surface area contributed by atoms with Crippen LogP contribution in [0.2, 0.25) is 5.02 Å². The molecule has 0 unspecified atom stereocenters. The topological polar surface area (TPSA) is 79.3 Å². The minimum atomic E-state index is -3.73. The van der Waals surface area contributed by atoms with Crippen LogP contribution < -0.4 is 4.72 Å². The normalized spacial score (nSPS) is 10.8. The summed E-state index contributed by atoms with van der Waals surface area (Å²) in [6.07, 6.45) is 1.30. The lowest BCUT2D eigenvalue weighted by atomic mass is 10.2. The number of aryl methyl sites for hydroxylation is 1. The molecular weight excluding hydrogens is 332 g/mol. The highest BCUT2D eigenvalue weighted by Gasteiger charge is 2.18. The zero-order chi connectivity index (χ0) is 15.5. The number of hydrogen-bond acceptors (Lipinski definition) is 5. The molecule has 5 nitrogen and oxygen atoms in total. The average Bonchev–Trinajstić information content (AvgIpc) is 2.87. The largest absolute Gasteiger partial charge is 0.384 e. The van der Waals surface area contributed by atoms with Crippen molar-refractivity contribution >= 4 is 38.6 Å². The van der Waals surface area contributed by atoms with Gasteiger partial charge < -0.3 is 5.11 Å². The molecule has 0 fully saturated rings. The lowest BCUT2D eigenvalue weighted by molar-refractivity contribution is 0.350. The van der Waals surface area contributed by atoms with Crippen LogP contribution in [0, 0.1) is 18.8 Å². The molecule has 0 radical (unpaired) electrons. The van der Waals surface area contributed by atoms with Crippen molar-refractivity contribution in [3.05, 3.63) is 40.0 Å². The number of aliphatic hydroxyl groups is 1. The molecule has 1 heterocycles. The smallest absolute Gasteiger partial charge is 0.273 e. The Morgan fingerprint density at radius 1 is 1.48 bits per heavy atom. The summed E-state index contributed by atoms with van der Waals surface area (Å²) in [4.78, 5) is 3.92. The van der Waals surface area contributed by atoms with E-state index >= 15 is 0 Å². The molecule has 2 rings (SSSR count). The molecule has 2 aromatic rings. The van der Waals surface area contributed by atoms with Crippen molar-refractivity contribution in [1.82, 2.24) is 4.98 Å². The van der Waals surface area contributed by atoms with Crippen molar-refractivity contribution in [3.8, 4) is 11.8 Å². The molecule has 0 atom stereocenters. The SMILES string of the molecule is Cc1ncc(S(=O)(=O)Nc2cc(C#CCO)ccc2Cl)s1. The van der Waals surface area contributed by atoms with Crippen LogP contribution in [0.5, 0.6) is 0 Å². The van der Waals surface area contributed by atoms with Gasteiger partial charge in [-0.1, -0.05) is 23.4 Å². The van der Waals surface area contributed by atoms with Crippen LogP contribution in [-0.2, 0) is 10.0 Å². The fourth-order valence-corrected chi connectivity index (χ4v) is 3.88. The molecule has 0 aliphatic carbocycles. The maximum atomic E-state index is 12.2.